The average Bonchev–Trinajstić information content (AvgIpc) is 2.59. The normalized spacial score (nSPS) is 11.0. The fourth-order valence-electron chi connectivity index (χ4n) is 2.36. The zero-order chi connectivity index (χ0) is 20.0. The molecule has 0 aliphatic carbocycles. The molecule has 0 saturated heterocycles. The van der Waals surface area contributed by atoms with Crippen molar-refractivity contribution in [3.05, 3.63) is 58.9 Å². The van der Waals surface area contributed by atoms with E-state index < -0.39 is 11.7 Å². The summed E-state index contributed by atoms with van der Waals surface area (Å²) in [4.78, 5) is 30.3. The number of para-hydroxylation sites is 1. The number of amides is 2. The number of ether oxygens (including phenoxy) is 1. The summed E-state index contributed by atoms with van der Waals surface area (Å²) < 4.78 is 5.44. The minimum atomic E-state index is -0.571. The number of pyridine rings is 1. The number of hydrogen-bond acceptors (Lipinski definition) is 4. The van der Waals surface area contributed by atoms with Crippen LogP contribution >= 0.6 is 11.6 Å². The highest BCUT2D eigenvalue weighted by molar-refractivity contribution is 6.29. The summed E-state index contributed by atoms with van der Waals surface area (Å²) in [5, 5.41) is 3.11. The summed E-state index contributed by atoms with van der Waals surface area (Å²) in [7, 11) is 0. The van der Waals surface area contributed by atoms with E-state index in [2.05, 4.69) is 10.3 Å². The molecule has 2 amide bonds. The van der Waals surface area contributed by atoms with Crippen LogP contribution in [0.3, 0.4) is 0 Å². The molecule has 144 valence electrons. The van der Waals surface area contributed by atoms with E-state index in [-0.39, 0.29) is 11.1 Å². The number of aromatic nitrogens is 1. The van der Waals surface area contributed by atoms with Crippen molar-refractivity contribution in [2.24, 2.45) is 0 Å². The molecule has 0 unspecified atom stereocenters. The zero-order valence-electron chi connectivity index (χ0n) is 16.0. The molecule has 0 bridgehead atoms. The summed E-state index contributed by atoms with van der Waals surface area (Å²) in [5.41, 5.74) is 1.26. The molecular formula is C20H24ClN3O3. The van der Waals surface area contributed by atoms with Crippen LogP contribution in [0.25, 0.3) is 0 Å². The molecule has 2 rings (SSSR count). The summed E-state index contributed by atoms with van der Waals surface area (Å²) in [6, 6.07) is 10.4. The number of anilines is 1. The maximum atomic E-state index is 12.5. The van der Waals surface area contributed by atoms with Gasteiger partial charge in [-0.1, -0.05) is 29.8 Å². The number of rotatable bonds is 5. The van der Waals surface area contributed by atoms with Crippen molar-refractivity contribution in [2.45, 2.75) is 39.8 Å². The second kappa shape index (κ2) is 8.86. The van der Waals surface area contributed by atoms with Crippen LogP contribution in [-0.4, -0.2) is 34.0 Å². The number of carbonyl (C=O) groups is 2. The quantitative estimate of drug-likeness (QED) is 0.749. The molecule has 0 aliphatic heterocycles. The van der Waals surface area contributed by atoms with E-state index in [4.69, 9.17) is 16.3 Å². The number of nitrogens with zero attached hydrogens (tertiary/aromatic N) is 2. The molecule has 1 heterocycles. The lowest BCUT2D eigenvalue weighted by atomic mass is 10.1. The van der Waals surface area contributed by atoms with Crippen LogP contribution in [0.4, 0.5) is 10.5 Å². The number of halogens is 1. The smallest absolute Gasteiger partial charge is 0.410 e. The Labute approximate surface area is 164 Å². The van der Waals surface area contributed by atoms with Gasteiger partial charge in [0.05, 0.1) is 6.54 Å². The maximum Gasteiger partial charge on any atom is 0.410 e. The van der Waals surface area contributed by atoms with Crippen molar-refractivity contribution in [3.63, 3.8) is 0 Å². The molecule has 27 heavy (non-hydrogen) atoms. The third-order valence-electron chi connectivity index (χ3n) is 3.65. The van der Waals surface area contributed by atoms with Gasteiger partial charge in [0.1, 0.15) is 10.8 Å². The molecule has 0 fully saturated rings. The second-order valence-electron chi connectivity index (χ2n) is 6.97. The first-order chi connectivity index (χ1) is 12.7. The molecule has 0 aliphatic rings. The summed E-state index contributed by atoms with van der Waals surface area (Å²) in [5.74, 6) is -0.299. The van der Waals surface area contributed by atoms with Crippen molar-refractivity contribution in [1.29, 1.82) is 0 Å². The van der Waals surface area contributed by atoms with E-state index >= 15 is 0 Å². The van der Waals surface area contributed by atoms with Gasteiger partial charge in [-0.25, -0.2) is 9.78 Å². The van der Waals surface area contributed by atoms with E-state index in [9.17, 15) is 9.59 Å². The van der Waals surface area contributed by atoms with Gasteiger partial charge in [-0.15, -0.1) is 0 Å². The Morgan fingerprint density at radius 1 is 1.22 bits per heavy atom. The lowest BCUT2D eigenvalue weighted by Crippen LogP contribution is -2.36. The number of benzene rings is 1. The highest BCUT2D eigenvalue weighted by Crippen LogP contribution is 2.20. The Kier molecular flexibility index (Phi) is 6.80. The molecular weight excluding hydrogens is 366 g/mol. The summed E-state index contributed by atoms with van der Waals surface area (Å²) >= 11 is 5.85. The fourth-order valence-corrected chi connectivity index (χ4v) is 2.53. The van der Waals surface area contributed by atoms with E-state index in [0.29, 0.717) is 24.3 Å². The molecule has 1 aromatic carbocycles. The molecule has 7 heteroatoms. The summed E-state index contributed by atoms with van der Waals surface area (Å²) in [6.07, 6.45) is 1.08. The highest BCUT2D eigenvalue weighted by Gasteiger charge is 2.22. The molecule has 0 spiro atoms. The van der Waals surface area contributed by atoms with E-state index in [0.717, 1.165) is 5.56 Å². The Hall–Kier alpha value is -2.60. The average molecular weight is 390 g/mol. The molecule has 6 nitrogen and oxygen atoms in total. The van der Waals surface area contributed by atoms with Gasteiger partial charge in [0.2, 0.25) is 0 Å². The molecule has 1 aromatic heterocycles. The van der Waals surface area contributed by atoms with Gasteiger partial charge >= 0.3 is 6.09 Å². The lowest BCUT2D eigenvalue weighted by molar-refractivity contribution is 0.0245. The first-order valence-corrected chi connectivity index (χ1v) is 9.06. The fraction of sp³-hybridized carbons (Fsp3) is 0.350. The van der Waals surface area contributed by atoms with E-state index in [1.165, 1.54) is 12.3 Å². The number of carbonyl (C=O) groups excluding carboxylic acids is 2. The Bertz CT molecular complexity index is 818. The zero-order valence-corrected chi connectivity index (χ0v) is 16.7. The first kappa shape index (κ1) is 20.7. The van der Waals surface area contributed by atoms with E-state index in [1.54, 1.807) is 17.0 Å². The van der Waals surface area contributed by atoms with Crippen molar-refractivity contribution in [1.82, 2.24) is 9.88 Å². The van der Waals surface area contributed by atoms with Crippen LogP contribution in [0.15, 0.2) is 42.6 Å². The van der Waals surface area contributed by atoms with Gasteiger partial charge in [0, 0.05) is 24.0 Å². The second-order valence-corrected chi connectivity index (χ2v) is 7.36. The van der Waals surface area contributed by atoms with Crippen LogP contribution in [0, 0.1) is 0 Å². The van der Waals surface area contributed by atoms with Crippen molar-refractivity contribution >= 4 is 29.3 Å². The van der Waals surface area contributed by atoms with Crippen molar-refractivity contribution in [3.8, 4) is 0 Å². The van der Waals surface area contributed by atoms with Crippen molar-refractivity contribution in [2.75, 3.05) is 11.9 Å². The molecule has 0 atom stereocenters. The minimum Gasteiger partial charge on any atom is -0.444 e. The number of nitrogens with one attached hydrogen (secondary N) is 1. The SMILES string of the molecule is CCN(Cc1ccccc1NC(=O)c1ccnc(Cl)c1)C(=O)OC(C)(C)C. The maximum absolute atomic E-state index is 12.5. The first-order valence-electron chi connectivity index (χ1n) is 8.68. The van der Waals surface area contributed by atoms with Crippen molar-refractivity contribution < 1.29 is 14.3 Å². The third-order valence-corrected chi connectivity index (χ3v) is 3.86. The lowest BCUT2D eigenvalue weighted by Gasteiger charge is -2.27. The highest BCUT2D eigenvalue weighted by atomic mass is 35.5. The van der Waals surface area contributed by atoms with Gasteiger partial charge in [0.15, 0.2) is 0 Å². The molecule has 0 radical (unpaired) electrons. The predicted octanol–water partition coefficient (Wildman–Crippen LogP) is 4.74. The minimum absolute atomic E-state index is 0.248. The van der Waals surface area contributed by atoms with Gasteiger partial charge in [-0.05, 0) is 51.5 Å². The van der Waals surface area contributed by atoms with E-state index in [1.807, 2.05) is 45.9 Å². The molecule has 1 N–H and O–H groups in total. The summed E-state index contributed by atoms with van der Waals surface area (Å²) in [6.45, 7) is 8.16. The van der Waals surface area contributed by atoms with Gasteiger partial charge < -0.3 is 15.0 Å². The Balaban J connectivity index is 2.17. The van der Waals surface area contributed by atoms with Crippen LogP contribution < -0.4 is 5.32 Å². The van der Waals surface area contributed by atoms with Gasteiger partial charge in [-0.2, -0.15) is 0 Å². The number of hydrogen-bond donors (Lipinski definition) is 1. The molecule has 0 saturated carbocycles. The Morgan fingerprint density at radius 3 is 2.56 bits per heavy atom. The largest absolute Gasteiger partial charge is 0.444 e. The predicted molar refractivity (Wildman–Crippen MR) is 106 cm³/mol. The third kappa shape index (κ3) is 6.25. The topological polar surface area (TPSA) is 71.5 Å². The molecule has 2 aromatic rings. The standard InChI is InChI=1S/C20H24ClN3O3/c1-5-24(19(26)27-20(2,3)4)13-15-8-6-7-9-16(15)23-18(25)14-10-11-22-17(21)12-14/h6-12H,5,13H2,1-4H3,(H,23,25). The van der Waals surface area contributed by atoms with Gasteiger partial charge in [0.25, 0.3) is 5.91 Å². The van der Waals surface area contributed by atoms with Crippen LogP contribution in [0.5, 0.6) is 0 Å². The van der Waals surface area contributed by atoms with Gasteiger partial charge in [-0.3, -0.25) is 4.79 Å². The Morgan fingerprint density at radius 2 is 1.93 bits per heavy atom. The van der Waals surface area contributed by atoms with Crippen LogP contribution in [-0.2, 0) is 11.3 Å². The van der Waals surface area contributed by atoms with Crippen LogP contribution in [0.1, 0.15) is 43.6 Å². The van der Waals surface area contributed by atoms with Crippen LogP contribution in [0.2, 0.25) is 5.15 Å². The monoisotopic (exact) mass is 389 g/mol.